The van der Waals surface area contributed by atoms with Crippen LogP contribution in [0, 0.1) is 5.41 Å². The van der Waals surface area contributed by atoms with Crippen LogP contribution < -0.4 is 20.7 Å². The first-order valence-electron chi connectivity index (χ1n) is 10.5. The van der Waals surface area contributed by atoms with Crippen LogP contribution in [-0.4, -0.2) is 56.5 Å². The van der Waals surface area contributed by atoms with Crippen LogP contribution in [0.3, 0.4) is 0 Å². The number of aliphatic hydroxyl groups is 1. The molecule has 12 heteroatoms. The molecule has 2 amide bonds. The van der Waals surface area contributed by atoms with Gasteiger partial charge in [0.15, 0.2) is 12.2 Å². The second-order valence-electron chi connectivity index (χ2n) is 8.55. The van der Waals surface area contributed by atoms with Crippen molar-refractivity contribution in [1.82, 2.24) is 0 Å². The van der Waals surface area contributed by atoms with Crippen molar-refractivity contribution >= 4 is 44.7 Å². The van der Waals surface area contributed by atoms with Gasteiger partial charge in [0, 0.05) is 23.5 Å². The van der Waals surface area contributed by atoms with E-state index in [9.17, 15) is 23.1 Å². The number of carbonyl (C=O) groups excluding carboxylic acids is 2. The molecule has 2 aromatic carbocycles. The molecule has 2 aliphatic rings. The van der Waals surface area contributed by atoms with Gasteiger partial charge in [-0.25, -0.2) is 8.42 Å². The highest BCUT2D eigenvalue weighted by molar-refractivity contribution is 7.94. The first-order valence-corrected chi connectivity index (χ1v) is 11.9. The van der Waals surface area contributed by atoms with Crippen molar-refractivity contribution in [2.45, 2.75) is 30.8 Å². The normalized spacial score (nSPS) is 21.3. The van der Waals surface area contributed by atoms with Gasteiger partial charge < -0.3 is 25.8 Å². The molecule has 2 aromatic rings. The third-order valence-corrected chi connectivity index (χ3v) is 8.07. The predicted molar refractivity (Wildman–Crippen MR) is 126 cm³/mol. The molecule has 0 saturated carbocycles. The quantitative estimate of drug-likeness (QED) is 0.304. The van der Waals surface area contributed by atoms with Crippen molar-refractivity contribution in [3.8, 4) is 0 Å². The van der Waals surface area contributed by atoms with Crippen molar-refractivity contribution in [1.29, 1.82) is 5.41 Å². The summed E-state index contributed by atoms with van der Waals surface area (Å²) < 4.78 is 31.6. The summed E-state index contributed by atoms with van der Waals surface area (Å²) in [4.78, 5) is 27.0. The third kappa shape index (κ3) is 4.00. The number of carbonyl (C=O) groups is 2. The second-order valence-corrected chi connectivity index (χ2v) is 10.8. The molecular weight excluding hydrogens is 462 g/mol. The Kier molecular flexibility index (Phi) is 5.84. The minimum absolute atomic E-state index is 0.0718. The van der Waals surface area contributed by atoms with E-state index in [1.807, 2.05) is 0 Å². The van der Waals surface area contributed by atoms with E-state index in [4.69, 9.17) is 15.9 Å². The number of aliphatic hydroxyl groups excluding tert-OH is 1. The zero-order chi connectivity index (χ0) is 24.8. The number of amides is 2. The lowest BCUT2D eigenvalue weighted by atomic mass is 9.99. The van der Waals surface area contributed by atoms with Gasteiger partial charge in [-0.3, -0.25) is 19.7 Å². The summed E-state index contributed by atoms with van der Waals surface area (Å²) >= 11 is 0. The molecular formula is C22H25N5O6S. The van der Waals surface area contributed by atoms with Crippen molar-refractivity contribution in [2.75, 3.05) is 28.1 Å². The molecule has 2 heterocycles. The molecule has 180 valence electrons. The Morgan fingerprint density at radius 3 is 2.62 bits per heavy atom. The maximum absolute atomic E-state index is 13.1. The molecule has 0 radical (unpaired) electrons. The van der Waals surface area contributed by atoms with E-state index in [1.54, 1.807) is 32.0 Å². The summed E-state index contributed by atoms with van der Waals surface area (Å²) in [5.41, 5.74) is 7.62. The lowest BCUT2D eigenvalue weighted by molar-refractivity contribution is -0.150. The van der Waals surface area contributed by atoms with Gasteiger partial charge >= 0.3 is 0 Å². The van der Waals surface area contributed by atoms with Crippen LogP contribution in [-0.2, 0) is 29.1 Å². The Hall–Kier alpha value is -3.48. The number of benzene rings is 2. The lowest BCUT2D eigenvalue weighted by Crippen LogP contribution is -2.55. The number of hydrogen-bond acceptors (Lipinski definition) is 7. The zero-order valence-electron chi connectivity index (χ0n) is 18.5. The Morgan fingerprint density at radius 1 is 1.29 bits per heavy atom. The van der Waals surface area contributed by atoms with Gasteiger partial charge in [0.25, 0.3) is 11.8 Å². The SMILES string of the molecule is CC1(C)c2ccc(N3CCO[C@H](C(O)C(=O)Nc4ccc(C(=N)N)cc4)C3=O)cc2NS1(=O)=O. The summed E-state index contributed by atoms with van der Waals surface area (Å²) in [6, 6.07) is 11.0. The first kappa shape index (κ1) is 23.7. The molecule has 1 saturated heterocycles. The number of amidine groups is 1. The fourth-order valence-electron chi connectivity index (χ4n) is 3.90. The number of hydrogen-bond donors (Lipinski definition) is 5. The van der Waals surface area contributed by atoms with Crippen molar-refractivity contribution < 1.29 is 27.9 Å². The Bertz CT molecular complexity index is 1280. The van der Waals surface area contributed by atoms with E-state index in [0.29, 0.717) is 28.2 Å². The maximum Gasteiger partial charge on any atom is 0.259 e. The molecule has 34 heavy (non-hydrogen) atoms. The number of sulfonamides is 1. The van der Waals surface area contributed by atoms with E-state index in [0.717, 1.165) is 0 Å². The number of morpholine rings is 1. The van der Waals surface area contributed by atoms with Crippen LogP contribution in [0.15, 0.2) is 42.5 Å². The van der Waals surface area contributed by atoms with Crippen LogP contribution in [0.2, 0.25) is 0 Å². The molecule has 0 aliphatic carbocycles. The monoisotopic (exact) mass is 487 g/mol. The Labute approximate surface area is 196 Å². The molecule has 1 unspecified atom stereocenters. The number of fused-ring (bicyclic) bond motifs is 1. The molecule has 4 rings (SSSR count). The average molecular weight is 488 g/mol. The van der Waals surface area contributed by atoms with Crippen LogP contribution >= 0.6 is 0 Å². The van der Waals surface area contributed by atoms with Crippen molar-refractivity contribution in [3.05, 3.63) is 53.6 Å². The number of nitrogen functional groups attached to an aromatic ring is 1. The van der Waals surface area contributed by atoms with Gasteiger partial charge in [-0.15, -0.1) is 0 Å². The maximum atomic E-state index is 13.1. The number of rotatable bonds is 5. The Balaban J connectivity index is 1.50. The average Bonchev–Trinajstić information content (AvgIpc) is 2.96. The Morgan fingerprint density at radius 2 is 1.97 bits per heavy atom. The van der Waals surface area contributed by atoms with Crippen LogP contribution in [0.25, 0.3) is 0 Å². The van der Waals surface area contributed by atoms with E-state index in [2.05, 4.69) is 10.0 Å². The number of nitrogens with two attached hydrogens (primary N) is 1. The summed E-state index contributed by atoms with van der Waals surface area (Å²) in [5.74, 6) is -1.58. The van der Waals surface area contributed by atoms with Gasteiger partial charge in [-0.2, -0.15) is 0 Å². The van der Waals surface area contributed by atoms with Crippen molar-refractivity contribution in [3.63, 3.8) is 0 Å². The molecule has 0 spiro atoms. The summed E-state index contributed by atoms with van der Waals surface area (Å²) in [6.45, 7) is 3.44. The fraction of sp³-hybridized carbons (Fsp3) is 0.318. The largest absolute Gasteiger partial charge is 0.384 e. The third-order valence-electron chi connectivity index (χ3n) is 6.02. The van der Waals surface area contributed by atoms with Crippen molar-refractivity contribution in [2.24, 2.45) is 5.73 Å². The van der Waals surface area contributed by atoms with E-state index >= 15 is 0 Å². The number of anilines is 3. The molecule has 2 atom stereocenters. The fourth-order valence-corrected chi connectivity index (χ4v) is 5.08. The van der Waals surface area contributed by atoms with Gasteiger partial charge in [0.1, 0.15) is 10.6 Å². The van der Waals surface area contributed by atoms with E-state index < -0.39 is 38.8 Å². The van der Waals surface area contributed by atoms with Crippen LogP contribution in [0.4, 0.5) is 17.1 Å². The number of nitrogens with one attached hydrogen (secondary N) is 3. The minimum atomic E-state index is -3.61. The van der Waals surface area contributed by atoms with Crippen LogP contribution in [0.1, 0.15) is 25.0 Å². The van der Waals surface area contributed by atoms with Gasteiger partial charge in [0.05, 0.1) is 12.3 Å². The first-order chi connectivity index (χ1) is 15.9. The van der Waals surface area contributed by atoms with Crippen LogP contribution in [0.5, 0.6) is 0 Å². The van der Waals surface area contributed by atoms with E-state index in [1.165, 1.54) is 29.2 Å². The van der Waals surface area contributed by atoms with Gasteiger partial charge in [-0.05, 0) is 55.8 Å². The molecule has 1 fully saturated rings. The summed E-state index contributed by atoms with van der Waals surface area (Å²) in [5, 5.41) is 20.4. The summed E-state index contributed by atoms with van der Waals surface area (Å²) in [6.07, 6.45) is -3.22. The highest BCUT2D eigenvalue weighted by atomic mass is 32.2. The molecule has 6 N–H and O–H groups in total. The molecule has 2 aliphatic heterocycles. The van der Waals surface area contributed by atoms with Gasteiger partial charge in [0.2, 0.25) is 10.0 Å². The lowest BCUT2D eigenvalue weighted by Gasteiger charge is -2.34. The highest BCUT2D eigenvalue weighted by Gasteiger charge is 2.45. The molecule has 0 aromatic heterocycles. The summed E-state index contributed by atoms with van der Waals surface area (Å²) in [7, 11) is -3.61. The smallest absolute Gasteiger partial charge is 0.259 e. The number of nitrogens with zero attached hydrogens (tertiary/aromatic N) is 1. The zero-order valence-corrected chi connectivity index (χ0v) is 19.3. The van der Waals surface area contributed by atoms with Gasteiger partial charge in [-0.1, -0.05) is 6.07 Å². The standard InChI is InChI=1S/C22H25N5O6S/c1-22(2)15-8-7-14(11-16(15)26-34(22,31)32)27-9-10-33-18(21(27)30)17(28)20(29)25-13-5-3-12(4-6-13)19(23)24/h3-8,11,17-18,26,28H,9-10H2,1-2H3,(H3,23,24)(H,25,29)/t17?,18-/m1/s1. The minimum Gasteiger partial charge on any atom is -0.384 e. The number of ether oxygens (including phenoxy) is 1. The topological polar surface area (TPSA) is 175 Å². The molecule has 11 nitrogen and oxygen atoms in total. The van der Waals surface area contributed by atoms with E-state index in [-0.39, 0.29) is 19.0 Å². The second kappa shape index (κ2) is 8.38. The molecule has 0 bridgehead atoms. The highest BCUT2D eigenvalue weighted by Crippen LogP contribution is 2.43. The predicted octanol–water partition coefficient (Wildman–Crippen LogP) is 0.692.